The molecule has 8 nitrogen and oxygen atoms in total. The van der Waals surface area contributed by atoms with Gasteiger partial charge in [0.15, 0.2) is 0 Å². The summed E-state index contributed by atoms with van der Waals surface area (Å²) in [6.07, 6.45) is -3.89. The van der Waals surface area contributed by atoms with E-state index in [1.165, 1.54) is 14.2 Å². The SMILES string of the molecule is COc1cc(C(=O)O)cc(OC)c1C(O)C(O)CC(=O)O. The summed E-state index contributed by atoms with van der Waals surface area (Å²) in [7, 11) is 2.50. The van der Waals surface area contributed by atoms with Crippen molar-refractivity contribution in [1.82, 2.24) is 0 Å². The van der Waals surface area contributed by atoms with E-state index in [2.05, 4.69) is 0 Å². The molecule has 0 spiro atoms. The zero-order chi connectivity index (χ0) is 16.2. The Morgan fingerprint density at radius 3 is 1.90 bits per heavy atom. The first-order chi connectivity index (χ1) is 9.81. The van der Waals surface area contributed by atoms with Crippen molar-refractivity contribution in [1.29, 1.82) is 0 Å². The molecule has 116 valence electrons. The van der Waals surface area contributed by atoms with Crippen molar-refractivity contribution in [2.75, 3.05) is 14.2 Å². The molecule has 0 aliphatic rings. The Morgan fingerprint density at radius 1 is 1.10 bits per heavy atom. The van der Waals surface area contributed by atoms with Gasteiger partial charge in [-0.3, -0.25) is 4.79 Å². The Hall–Kier alpha value is -2.32. The van der Waals surface area contributed by atoms with Gasteiger partial charge in [-0.1, -0.05) is 0 Å². The Kier molecular flexibility index (Phi) is 5.51. The minimum atomic E-state index is -1.60. The molecule has 0 saturated carbocycles. The van der Waals surface area contributed by atoms with Crippen LogP contribution in [0.25, 0.3) is 0 Å². The second-order valence-corrected chi connectivity index (χ2v) is 4.21. The van der Waals surface area contributed by atoms with Gasteiger partial charge in [-0.05, 0) is 12.1 Å². The number of rotatable bonds is 7. The van der Waals surface area contributed by atoms with E-state index in [0.717, 1.165) is 12.1 Å². The summed E-state index contributed by atoms with van der Waals surface area (Å²) in [6, 6.07) is 2.30. The molecule has 0 bridgehead atoms. The van der Waals surface area contributed by atoms with Crippen LogP contribution in [0.4, 0.5) is 0 Å². The topological polar surface area (TPSA) is 134 Å². The van der Waals surface area contributed by atoms with Crippen molar-refractivity contribution < 1.29 is 39.5 Å². The monoisotopic (exact) mass is 300 g/mol. The molecule has 0 aliphatic carbocycles. The summed E-state index contributed by atoms with van der Waals surface area (Å²) in [5.41, 5.74) is -0.147. The lowest BCUT2D eigenvalue weighted by atomic mass is 9.98. The van der Waals surface area contributed by atoms with Crippen LogP contribution in [0.5, 0.6) is 11.5 Å². The zero-order valence-electron chi connectivity index (χ0n) is 11.4. The molecular weight excluding hydrogens is 284 g/mol. The highest BCUT2D eigenvalue weighted by Gasteiger charge is 2.28. The van der Waals surface area contributed by atoms with Crippen LogP contribution in [0.15, 0.2) is 12.1 Å². The van der Waals surface area contributed by atoms with Crippen LogP contribution in [0.1, 0.15) is 28.4 Å². The Bertz CT molecular complexity index is 514. The molecule has 1 aromatic rings. The number of aliphatic hydroxyl groups is 2. The highest BCUT2D eigenvalue weighted by atomic mass is 16.5. The zero-order valence-corrected chi connectivity index (χ0v) is 11.4. The van der Waals surface area contributed by atoms with Crippen LogP contribution in [-0.4, -0.2) is 52.7 Å². The van der Waals surface area contributed by atoms with E-state index in [-0.39, 0.29) is 22.6 Å². The second-order valence-electron chi connectivity index (χ2n) is 4.21. The molecule has 21 heavy (non-hydrogen) atoms. The largest absolute Gasteiger partial charge is 0.496 e. The van der Waals surface area contributed by atoms with Crippen molar-refractivity contribution in [2.24, 2.45) is 0 Å². The summed E-state index contributed by atoms with van der Waals surface area (Å²) in [6.45, 7) is 0. The van der Waals surface area contributed by atoms with Gasteiger partial charge < -0.3 is 29.9 Å². The first kappa shape index (κ1) is 16.7. The fraction of sp³-hybridized carbons (Fsp3) is 0.385. The average molecular weight is 300 g/mol. The predicted molar refractivity (Wildman–Crippen MR) is 69.7 cm³/mol. The first-order valence-corrected chi connectivity index (χ1v) is 5.89. The first-order valence-electron chi connectivity index (χ1n) is 5.89. The lowest BCUT2D eigenvalue weighted by molar-refractivity contribution is -0.141. The molecule has 2 unspecified atom stereocenters. The van der Waals surface area contributed by atoms with Gasteiger partial charge in [0.2, 0.25) is 0 Å². The maximum atomic E-state index is 11.0. The third kappa shape index (κ3) is 3.83. The van der Waals surface area contributed by atoms with E-state index in [0.29, 0.717) is 0 Å². The van der Waals surface area contributed by atoms with Gasteiger partial charge in [-0.25, -0.2) is 4.79 Å². The number of carboxylic acids is 2. The second kappa shape index (κ2) is 6.91. The van der Waals surface area contributed by atoms with Crippen molar-refractivity contribution in [2.45, 2.75) is 18.6 Å². The van der Waals surface area contributed by atoms with E-state index in [1.54, 1.807) is 0 Å². The molecule has 0 aromatic heterocycles. The van der Waals surface area contributed by atoms with Crippen LogP contribution in [0, 0.1) is 0 Å². The Balaban J connectivity index is 3.32. The summed E-state index contributed by atoms with van der Waals surface area (Å²) in [4.78, 5) is 21.6. The number of aliphatic hydroxyl groups excluding tert-OH is 2. The van der Waals surface area contributed by atoms with Gasteiger partial charge in [-0.2, -0.15) is 0 Å². The Morgan fingerprint density at radius 2 is 1.57 bits per heavy atom. The van der Waals surface area contributed by atoms with E-state index in [9.17, 15) is 19.8 Å². The maximum absolute atomic E-state index is 11.0. The molecule has 8 heteroatoms. The number of hydrogen-bond donors (Lipinski definition) is 4. The maximum Gasteiger partial charge on any atom is 0.335 e. The fourth-order valence-electron chi connectivity index (χ4n) is 1.84. The molecule has 0 heterocycles. The van der Waals surface area contributed by atoms with Crippen molar-refractivity contribution in [3.63, 3.8) is 0 Å². The molecule has 0 aliphatic heterocycles. The Labute approximate surface area is 120 Å². The number of carboxylic acid groups (broad SMARTS) is 2. The lowest BCUT2D eigenvalue weighted by Gasteiger charge is -2.22. The quantitative estimate of drug-likeness (QED) is 0.564. The number of carbonyl (C=O) groups is 2. The predicted octanol–water partition coefficient (Wildman–Crippen LogP) is 0.271. The molecule has 1 aromatic carbocycles. The molecule has 0 fully saturated rings. The molecular formula is C13H16O8. The van der Waals surface area contributed by atoms with Gasteiger partial charge in [0.05, 0.1) is 37.9 Å². The van der Waals surface area contributed by atoms with Gasteiger partial charge in [0.25, 0.3) is 0 Å². The highest BCUT2D eigenvalue weighted by Crippen LogP contribution is 2.37. The highest BCUT2D eigenvalue weighted by molar-refractivity contribution is 5.89. The van der Waals surface area contributed by atoms with E-state index < -0.39 is 30.6 Å². The lowest BCUT2D eigenvalue weighted by Crippen LogP contribution is -2.23. The van der Waals surface area contributed by atoms with Crippen LogP contribution < -0.4 is 9.47 Å². The summed E-state index contributed by atoms with van der Waals surface area (Å²) in [5, 5.41) is 37.4. The van der Waals surface area contributed by atoms with Crippen LogP contribution in [-0.2, 0) is 4.79 Å². The standard InChI is InChI=1S/C13H16O8/c1-20-8-3-6(13(18)19)4-9(21-2)11(8)12(17)7(14)5-10(15)16/h3-4,7,12,14,17H,5H2,1-2H3,(H,15,16)(H,18,19). The summed E-state index contributed by atoms with van der Waals surface area (Å²) < 4.78 is 9.99. The number of ether oxygens (including phenoxy) is 2. The molecule has 2 atom stereocenters. The van der Waals surface area contributed by atoms with E-state index in [1.807, 2.05) is 0 Å². The van der Waals surface area contributed by atoms with Crippen molar-refractivity contribution in [3.8, 4) is 11.5 Å². The van der Waals surface area contributed by atoms with Gasteiger partial charge >= 0.3 is 11.9 Å². The van der Waals surface area contributed by atoms with Crippen molar-refractivity contribution in [3.05, 3.63) is 23.3 Å². The normalized spacial score (nSPS) is 13.3. The number of methoxy groups -OCH3 is 2. The van der Waals surface area contributed by atoms with Gasteiger partial charge in [0, 0.05) is 0 Å². The summed E-state index contributed by atoms with van der Waals surface area (Å²) >= 11 is 0. The van der Waals surface area contributed by atoms with Crippen LogP contribution >= 0.6 is 0 Å². The number of aromatic carboxylic acids is 1. The molecule has 0 amide bonds. The summed E-state index contributed by atoms with van der Waals surface area (Å²) in [5.74, 6) is -2.56. The van der Waals surface area contributed by atoms with Gasteiger partial charge in [0.1, 0.15) is 17.6 Å². The third-order valence-electron chi connectivity index (χ3n) is 2.83. The molecule has 1 rings (SSSR count). The number of aliphatic carboxylic acids is 1. The van der Waals surface area contributed by atoms with Gasteiger partial charge in [-0.15, -0.1) is 0 Å². The molecule has 0 saturated heterocycles. The molecule has 0 radical (unpaired) electrons. The average Bonchev–Trinajstić information content (AvgIpc) is 2.43. The van der Waals surface area contributed by atoms with Crippen LogP contribution in [0.3, 0.4) is 0 Å². The van der Waals surface area contributed by atoms with Crippen LogP contribution in [0.2, 0.25) is 0 Å². The number of hydrogen-bond acceptors (Lipinski definition) is 6. The smallest absolute Gasteiger partial charge is 0.335 e. The minimum absolute atomic E-state index is 0.0150. The van der Waals surface area contributed by atoms with Crippen molar-refractivity contribution >= 4 is 11.9 Å². The fourth-order valence-corrected chi connectivity index (χ4v) is 1.84. The van der Waals surface area contributed by atoms with E-state index >= 15 is 0 Å². The molecule has 4 N–H and O–H groups in total. The third-order valence-corrected chi connectivity index (χ3v) is 2.83. The number of benzene rings is 1. The minimum Gasteiger partial charge on any atom is -0.496 e. The van der Waals surface area contributed by atoms with E-state index in [4.69, 9.17) is 19.7 Å².